The van der Waals surface area contributed by atoms with Crippen LogP contribution in [0.15, 0.2) is 35.2 Å². The van der Waals surface area contributed by atoms with Crippen molar-refractivity contribution in [2.75, 3.05) is 17.1 Å². The van der Waals surface area contributed by atoms with Gasteiger partial charge in [-0.15, -0.1) is 11.3 Å². The Bertz CT molecular complexity index is 1380. The summed E-state index contributed by atoms with van der Waals surface area (Å²) in [6, 6.07) is 7.86. The van der Waals surface area contributed by atoms with Crippen molar-refractivity contribution < 1.29 is 13.2 Å². The van der Waals surface area contributed by atoms with E-state index in [9.17, 15) is 8.42 Å². The van der Waals surface area contributed by atoms with Gasteiger partial charge in [0.2, 0.25) is 5.88 Å². The second-order valence-corrected chi connectivity index (χ2v) is 11.2. The first-order valence-corrected chi connectivity index (χ1v) is 12.4. The molecule has 1 aromatic carbocycles. The number of fused-ring (bicyclic) bond motifs is 1. The minimum Gasteiger partial charge on any atom is -0.477 e. The first kappa shape index (κ1) is 22.6. The number of nitrogens with one attached hydrogen (secondary N) is 2. The minimum absolute atomic E-state index is 0.0740. The van der Waals surface area contributed by atoms with Crippen molar-refractivity contribution in [1.29, 1.82) is 0 Å². The molecule has 13 heteroatoms. The number of sulfonamides is 1. The number of nitrogens with two attached hydrogens (primary N) is 1. The van der Waals surface area contributed by atoms with Crippen LogP contribution in [0.1, 0.15) is 13.8 Å². The summed E-state index contributed by atoms with van der Waals surface area (Å²) in [6.45, 7) is 4.50. The predicted molar refractivity (Wildman–Crippen MR) is 127 cm³/mol. The molecule has 4 N–H and O–H groups in total. The van der Waals surface area contributed by atoms with Gasteiger partial charge < -0.3 is 10.5 Å². The summed E-state index contributed by atoms with van der Waals surface area (Å²) in [7, 11) is -3.88. The molecule has 0 bridgehead atoms. The van der Waals surface area contributed by atoms with Gasteiger partial charge in [0.15, 0.2) is 11.5 Å². The lowest BCUT2D eigenvalue weighted by molar-refractivity contribution is 0.265. The van der Waals surface area contributed by atoms with Crippen LogP contribution in [0.5, 0.6) is 5.88 Å². The summed E-state index contributed by atoms with van der Waals surface area (Å²) >= 11 is 12.8. The minimum atomic E-state index is -3.88. The highest BCUT2D eigenvalue weighted by Gasteiger charge is 2.21. The normalized spacial score (nSPS) is 11.9. The maximum atomic E-state index is 12.6. The number of ether oxygens (including phenoxy) is 1. The average molecular weight is 513 g/mol. The van der Waals surface area contributed by atoms with E-state index in [1.807, 2.05) is 13.8 Å². The molecule has 168 valence electrons. The molecule has 0 amide bonds. The Balaban J connectivity index is 1.63. The molecular weight excluding hydrogens is 495 g/mol. The van der Waals surface area contributed by atoms with Gasteiger partial charge in [-0.2, -0.15) is 10.1 Å². The van der Waals surface area contributed by atoms with Gasteiger partial charge in [-0.3, -0.25) is 9.82 Å². The third kappa shape index (κ3) is 4.60. The van der Waals surface area contributed by atoms with Crippen LogP contribution >= 0.6 is 34.5 Å². The van der Waals surface area contributed by atoms with Gasteiger partial charge in [0, 0.05) is 11.3 Å². The standard InChI is InChI=1S/C19H18Cl2N6O3S2/c1-9(2)8-30-19-14-16(22)25-26-18(14)23-17(24-19)10-3-5-11(6-4-10)27-32(28,29)12-7-13(20)31-15(12)21/h3-7,9,27H,8H2,1-2H3,(H3,22,23,24,25,26). The molecule has 0 aliphatic rings. The molecule has 4 rings (SSSR count). The zero-order valence-electron chi connectivity index (χ0n) is 16.9. The van der Waals surface area contributed by atoms with Crippen molar-refractivity contribution in [2.45, 2.75) is 18.7 Å². The number of H-pyrrole nitrogens is 1. The number of nitrogens with zero attached hydrogens (tertiary/aromatic N) is 3. The SMILES string of the molecule is CC(C)COc1nc(-c2ccc(NS(=O)(=O)c3cc(Cl)sc3Cl)cc2)nc2n[nH]c(N)c12. The van der Waals surface area contributed by atoms with Gasteiger partial charge in [0.05, 0.1) is 10.9 Å². The number of halogens is 2. The van der Waals surface area contributed by atoms with Crippen LogP contribution in [0.25, 0.3) is 22.4 Å². The first-order valence-electron chi connectivity index (χ1n) is 9.36. The third-order valence-electron chi connectivity index (χ3n) is 4.27. The maximum Gasteiger partial charge on any atom is 0.264 e. The second kappa shape index (κ2) is 8.74. The predicted octanol–water partition coefficient (Wildman–Crippen LogP) is 4.81. The monoisotopic (exact) mass is 512 g/mol. The number of rotatable bonds is 7. The van der Waals surface area contributed by atoms with Crippen LogP contribution in [0.3, 0.4) is 0 Å². The van der Waals surface area contributed by atoms with Crippen LogP contribution in [-0.2, 0) is 10.0 Å². The van der Waals surface area contributed by atoms with Crippen molar-refractivity contribution in [3.05, 3.63) is 39.0 Å². The third-order valence-corrected chi connectivity index (χ3v) is 7.41. The Morgan fingerprint density at radius 1 is 1.22 bits per heavy atom. The van der Waals surface area contributed by atoms with E-state index in [0.717, 1.165) is 11.3 Å². The Morgan fingerprint density at radius 2 is 1.94 bits per heavy atom. The molecule has 0 spiro atoms. The summed E-state index contributed by atoms with van der Waals surface area (Å²) in [5, 5.41) is 7.31. The largest absolute Gasteiger partial charge is 0.477 e. The lowest BCUT2D eigenvalue weighted by atomic mass is 10.2. The topological polar surface area (TPSA) is 136 Å². The lowest BCUT2D eigenvalue weighted by Gasteiger charge is -2.11. The fourth-order valence-electron chi connectivity index (χ4n) is 2.80. The van der Waals surface area contributed by atoms with E-state index in [-0.39, 0.29) is 19.5 Å². The van der Waals surface area contributed by atoms with Gasteiger partial charge in [-0.05, 0) is 36.2 Å². The summed E-state index contributed by atoms with van der Waals surface area (Å²) in [5.41, 5.74) is 7.31. The van der Waals surface area contributed by atoms with Crippen molar-refractivity contribution in [3.8, 4) is 17.3 Å². The van der Waals surface area contributed by atoms with Crippen molar-refractivity contribution in [3.63, 3.8) is 0 Å². The van der Waals surface area contributed by atoms with E-state index in [2.05, 4.69) is 24.9 Å². The first-order chi connectivity index (χ1) is 15.1. The molecule has 3 heterocycles. The second-order valence-electron chi connectivity index (χ2n) is 7.26. The number of aromatic nitrogens is 4. The van der Waals surface area contributed by atoms with Crippen LogP contribution in [0.2, 0.25) is 8.67 Å². The molecule has 0 aliphatic carbocycles. The maximum absolute atomic E-state index is 12.6. The van der Waals surface area contributed by atoms with Gasteiger partial charge in [0.1, 0.15) is 20.4 Å². The molecule has 0 fully saturated rings. The number of aromatic amines is 1. The molecule has 0 saturated carbocycles. The Labute approximate surface area is 198 Å². The molecule has 0 saturated heterocycles. The Hall–Kier alpha value is -2.60. The molecule has 32 heavy (non-hydrogen) atoms. The quantitative estimate of drug-likeness (QED) is 0.323. The van der Waals surface area contributed by atoms with Crippen molar-refractivity contribution >= 4 is 67.1 Å². The van der Waals surface area contributed by atoms with Gasteiger partial charge in [0.25, 0.3) is 10.0 Å². The number of hydrogen-bond acceptors (Lipinski definition) is 8. The van der Waals surface area contributed by atoms with E-state index in [1.165, 1.54) is 6.07 Å². The number of nitrogen functional groups attached to an aromatic ring is 1. The van der Waals surface area contributed by atoms with Gasteiger partial charge in [-0.25, -0.2) is 13.4 Å². The molecule has 0 atom stereocenters. The molecule has 3 aromatic heterocycles. The number of hydrogen-bond donors (Lipinski definition) is 3. The smallest absolute Gasteiger partial charge is 0.264 e. The van der Waals surface area contributed by atoms with E-state index in [1.54, 1.807) is 24.3 Å². The number of anilines is 2. The molecule has 4 aromatic rings. The Kier molecular flexibility index (Phi) is 6.17. The van der Waals surface area contributed by atoms with Gasteiger partial charge in [-0.1, -0.05) is 37.0 Å². The number of thiophene rings is 1. The summed E-state index contributed by atoms with van der Waals surface area (Å²) in [5.74, 6) is 1.31. The van der Waals surface area contributed by atoms with Crippen molar-refractivity contribution in [1.82, 2.24) is 20.2 Å². The van der Waals surface area contributed by atoms with E-state index in [4.69, 9.17) is 33.7 Å². The zero-order chi connectivity index (χ0) is 23.0. The fraction of sp³-hybridized carbons (Fsp3) is 0.211. The fourth-order valence-corrected chi connectivity index (χ4v) is 6.01. The van der Waals surface area contributed by atoms with E-state index < -0.39 is 10.0 Å². The molecular formula is C19H18Cl2N6O3S2. The highest BCUT2D eigenvalue weighted by atomic mass is 35.5. The molecule has 0 aliphatic heterocycles. The van der Waals surface area contributed by atoms with E-state index >= 15 is 0 Å². The van der Waals surface area contributed by atoms with Crippen LogP contribution in [0, 0.1) is 5.92 Å². The van der Waals surface area contributed by atoms with Crippen LogP contribution in [0.4, 0.5) is 11.5 Å². The van der Waals surface area contributed by atoms with E-state index in [0.29, 0.717) is 46.4 Å². The van der Waals surface area contributed by atoms with Gasteiger partial charge >= 0.3 is 0 Å². The van der Waals surface area contributed by atoms with Crippen molar-refractivity contribution in [2.24, 2.45) is 5.92 Å². The highest BCUT2D eigenvalue weighted by Crippen LogP contribution is 2.35. The molecule has 9 nitrogen and oxygen atoms in total. The number of benzene rings is 1. The van der Waals surface area contributed by atoms with Crippen LogP contribution in [-0.4, -0.2) is 35.2 Å². The Morgan fingerprint density at radius 3 is 2.56 bits per heavy atom. The highest BCUT2D eigenvalue weighted by molar-refractivity contribution is 7.93. The summed E-state index contributed by atoms with van der Waals surface area (Å²) in [6.07, 6.45) is 0. The summed E-state index contributed by atoms with van der Waals surface area (Å²) < 4.78 is 33.9. The lowest BCUT2D eigenvalue weighted by Crippen LogP contribution is -2.12. The molecule has 0 radical (unpaired) electrons. The molecule has 0 unspecified atom stereocenters. The zero-order valence-corrected chi connectivity index (χ0v) is 20.0. The summed E-state index contributed by atoms with van der Waals surface area (Å²) in [4.78, 5) is 8.86. The van der Waals surface area contributed by atoms with Crippen LogP contribution < -0.4 is 15.2 Å². The average Bonchev–Trinajstić information content (AvgIpc) is 3.28.